The maximum Gasteiger partial charge on any atom is 0.270 e. The molecule has 0 radical (unpaired) electrons. The molecule has 0 saturated heterocycles. The minimum atomic E-state index is -0.345. The predicted molar refractivity (Wildman–Crippen MR) is 76.8 cm³/mol. The van der Waals surface area contributed by atoms with Crippen molar-refractivity contribution in [3.05, 3.63) is 29.2 Å². The van der Waals surface area contributed by atoms with E-state index in [1.165, 1.54) is 0 Å². The van der Waals surface area contributed by atoms with E-state index in [-0.39, 0.29) is 36.0 Å². The zero-order valence-electron chi connectivity index (χ0n) is 12.4. The lowest BCUT2D eigenvalue weighted by molar-refractivity contribution is 0.0948. The van der Waals surface area contributed by atoms with Crippen LogP contribution in [0.5, 0.6) is 0 Å². The summed E-state index contributed by atoms with van der Waals surface area (Å²) in [5.41, 5.74) is 6.55. The Hall–Kier alpha value is -2.55. The molecule has 118 valence electrons. The van der Waals surface area contributed by atoms with Gasteiger partial charge in [0.1, 0.15) is 12.3 Å². The second-order valence-corrected chi connectivity index (χ2v) is 4.96. The second kappa shape index (κ2) is 6.94. The van der Waals surface area contributed by atoms with Gasteiger partial charge in [0.25, 0.3) is 11.8 Å². The van der Waals surface area contributed by atoms with Gasteiger partial charge in [0.2, 0.25) is 5.95 Å². The number of aromatic nitrogens is 4. The summed E-state index contributed by atoms with van der Waals surface area (Å²) in [7, 11) is 0. The van der Waals surface area contributed by atoms with Crippen molar-refractivity contribution in [2.45, 2.75) is 32.8 Å². The lowest BCUT2D eigenvalue weighted by Crippen LogP contribution is -2.27. The summed E-state index contributed by atoms with van der Waals surface area (Å²) < 4.78 is 4.75. The van der Waals surface area contributed by atoms with Gasteiger partial charge < -0.3 is 20.7 Å². The Kier molecular flexibility index (Phi) is 4.99. The smallest absolute Gasteiger partial charge is 0.270 e. The van der Waals surface area contributed by atoms with Crippen LogP contribution in [-0.2, 0) is 13.0 Å². The van der Waals surface area contributed by atoms with Gasteiger partial charge in [-0.1, -0.05) is 19.0 Å². The molecule has 2 aromatic heterocycles. The monoisotopic (exact) mass is 306 g/mol. The molecule has 0 bridgehead atoms. The Labute approximate surface area is 127 Å². The fourth-order valence-electron chi connectivity index (χ4n) is 1.73. The molecule has 0 aliphatic rings. The van der Waals surface area contributed by atoms with Crippen molar-refractivity contribution in [3.8, 4) is 0 Å². The number of hydrogen-bond acceptors (Lipinski definition) is 8. The highest BCUT2D eigenvalue weighted by molar-refractivity contribution is 5.92. The van der Waals surface area contributed by atoms with Gasteiger partial charge in [-0.05, 0) is 12.0 Å². The van der Waals surface area contributed by atoms with E-state index >= 15 is 0 Å². The average Bonchev–Trinajstić information content (AvgIpc) is 2.94. The molecule has 0 saturated carbocycles. The highest BCUT2D eigenvalue weighted by Crippen LogP contribution is 2.13. The summed E-state index contributed by atoms with van der Waals surface area (Å²) >= 11 is 0. The summed E-state index contributed by atoms with van der Waals surface area (Å²) in [5.74, 6) is 0.429. The van der Waals surface area contributed by atoms with Crippen molar-refractivity contribution in [3.63, 3.8) is 0 Å². The van der Waals surface area contributed by atoms with Crippen LogP contribution in [0.15, 0.2) is 10.6 Å². The van der Waals surface area contributed by atoms with Gasteiger partial charge >= 0.3 is 0 Å². The quantitative estimate of drug-likeness (QED) is 0.679. The van der Waals surface area contributed by atoms with Gasteiger partial charge in [0.15, 0.2) is 5.82 Å². The summed E-state index contributed by atoms with van der Waals surface area (Å²) in [6.45, 7) is 3.92. The summed E-state index contributed by atoms with van der Waals surface area (Å²) in [4.78, 5) is 24.0. The number of carbonyl (C=O) groups excluding carboxylic acids is 1. The largest absolute Gasteiger partial charge is 0.387 e. The fourth-order valence-corrected chi connectivity index (χ4v) is 1.73. The van der Waals surface area contributed by atoms with E-state index in [0.29, 0.717) is 24.5 Å². The van der Waals surface area contributed by atoms with E-state index in [9.17, 15) is 4.79 Å². The third-order valence-corrected chi connectivity index (χ3v) is 2.87. The van der Waals surface area contributed by atoms with E-state index in [2.05, 4.69) is 25.4 Å². The SMILES string of the molecule is CC(C)c1cc(C(=O)NCCc2noc(CO)n2)nc(N)n1. The molecular formula is C13H18N6O3. The highest BCUT2D eigenvalue weighted by Gasteiger charge is 2.13. The van der Waals surface area contributed by atoms with Gasteiger partial charge in [-0.2, -0.15) is 4.98 Å². The van der Waals surface area contributed by atoms with E-state index in [4.69, 9.17) is 15.4 Å². The minimum Gasteiger partial charge on any atom is -0.387 e. The van der Waals surface area contributed by atoms with E-state index in [1.54, 1.807) is 6.07 Å². The molecule has 0 aromatic carbocycles. The van der Waals surface area contributed by atoms with Crippen LogP contribution in [0.1, 0.15) is 47.7 Å². The van der Waals surface area contributed by atoms with E-state index in [0.717, 1.165) is 0 Å². The van der Waals surface area contributed by atoms with Crippen molar-refractivity contribution in [1.29, 1.82) is 0 Å². The number of nitrogens with zero attached hydrogens (tertiary/aromatic N) is 4. The molecule has 22 heavy (non-hydrogen) atoms. The number of rotatable bonds is 6. The number of hydrogen-bond donors (Lipinski definition) is 3. The number of carbonyl (C=O) groups is 1. The molecule has 0 unspecified atom stereocenters. The molecule has 2 aromatic rings. The van der Waals surface area contributed by atoms with Gasteiger partial charge in [0, 0.05) is 18.7 Å². The van der Waals surface area contributed by atoms with Crippen molar-refractivity contribution in [2.75, 3.05) is 12.3 Å². The van der Waals surface area contributed by atoms with Crippen LogP contribution in [0.25, 0.3) is 0 Å². The molecule has 2 rings (SSSR count). The maximum atomic E-state index is 12.1. The zero-order chi connectivity index (χ0) is 16.1. The molecule has 2 heterocycles. The number of nitrogens with two attached hydrogens (primary N) is 1. The highest BCUT2D eigenvalue weighted by atomic mass is 16.5. The van der Waals surface area contributed by atoms with Crippen LogP contribution in [0.3, 0.4) is 0 Å². The van der Waals surface area contributed by atoms with Gasteiger partial charge in [-0.15, -0.1) is 0 Å². The maximum absolute atomic E-state index is 12.1. The van der Waals surface area contributed by atoms with E-state index < -0.39 is 0 Å². The molecule has 0 aliphatic carbocycles. The minimum absolute atomic E-state index is 0.0714. The first kappa shape index (κ1) is 15.8. The lowest BCUT2D eigenvalue weighted by Gasteiger charge is -2.08. The average molecular weight is 306 g/mol. The summed E-state index contributed by atoms with van der Waals surface area (Å²) in [6, 6.07) is 1.62. The number of aliphatic hydroxyl groups is 1. The Balaban J connectivity index is 1.94. The number of anilines is 1. The molecule has 0 spiro atoms. The van der Waals surface area contributed by atoms with Crippen molar-refractivity contribution in [1.82, 2.24) is 25.4 Å². The molecule has 1 amide bonds. The molecule has 4 N–H and O–H groups in total. The van der Waals surface area contributed by atoms with Crippen LogP contribution < -0.4 is 11.1 Å². The van der Waals surface area contributed by atoms with Crippen LogP contribution in [-0.4, -0.2) is 37.7 Å². The number of aliphatic hydroxyl groups excluding tert-OH is 1. The fraction of sp³-hybridized carbons (Fsp3) is 0.462. The number of nitrogens with one attached hydrogen (secondary N) is 1. The normalized spacial score (nSPS) is 10.9. The molecule has 9 heteroatoms. The third kappa shape index (κ3) is 3.98. The second-order valence-electron chi connectivity index (χ2n) is 4.96. The van der Waals surface area contributed by atoms with Gasteiger partial charge in [-0.3, -0.25) is 4.79 Å². The number of nitrogen functional groups attached to an aromatic ring is 1. The van der Waals surface area contributed by atoms with Crippen LogP contribution >= 0.6 is 0 Å². The molecule has 0 atom stereocenters. The first-order valence-electron chi connectivity index (χ1n) is 6.84. The Bertz CT molecular complexity index is 655. The Morgan fingerprint density at radius 1 is 1.41 bits per heavy atom. The topological polar surface area (TPSA) is 140 Å². The lowest BCUT2D eigenvalue weighted by atomic mass is 10.1. The standard InChI is InChI=1S/C13H18N6O3/c1-7(2)8-5-9(17-13(14)16-8)12(21)15-4-3-10-18-11(6-20)22-19-10/h5,7,20H,3-4,6H2,1-2H3,(H,15,21)(H2,14,16,17). The third-order valence-electron chi connectivity index (χ3n) is 2.87. The van der Waals surface area contributed by atoms with Gasteiger partial charge in [0.05, 0.1) is 0 Å². The van der Waals surface area contributed by atoms with Gasteiger partial charge in [-0.25, -0.2) is 9.97 Å². The Morgan fingerprint density at radius 2 is 2.18 bits per heavy atom. The van der Waals surface area contributed by atoms with Crippen molar-refractivity contribution >= 4 is 11.9 Å². The summed E-state index contributed by atoms with van der Waals surface area (Å²) in [6.07, 6.45) is 0.382. The molecule has 0 fully saturated rings. The van der Waals surface area contributed by atoms with Crippen LogP contribution in [0.2, 0.25) is 0 Å². The van der Waals surface area contributed by atoms with Crippen LogP contribution in [0, 0.1) is 0 Å². The molecule has 0 aliphatic heterocycles. The first-order valence-corrected chi connectivity index (χ1v) is 6.84. The van der Waals surface area contributed by atoms with E-state index in [1.807, 2.05) is 13.8 Å². The molecular weight excluding hydrogens is 288 g/mol. The first-order chi connectivity index (χ1) is 10.5. The predicted octanol–water partition coefficient (Wildman–Crippen LogP) is 0.0300. The van der Waals surface area contributed by atoms with Crippen molar-refractivity contribution < 1.29 is 14.4 Å². The summed E-state index contributed by atoms with van der Waals surface area (Å²) in [5, 5.41) is 15.2. The van der Waals surface area contributed by atoms with Crippen LogP contribution in [0.4, 0.5) is 5.95 Å². The Morgan fingerprint density at radius 3 is 2.82 bits per heavy atom. The molecule has 9 nitrogen and oxygen atoms in total. The zero-order valence-corrected chi connectivity index (χ0v) is 12.4. The number of amides is 1. The van der Waals surface area contributed by atoms with Crippen molar-refractivity contribution in [2.24, 2.45) is 0 Å².